The lowest BCUT2D eigenvalue weighted by Crippen LogP contribution is -2.28. The van der Waals surface area contributed by atoms with Gasteiger partial charge in [-0.05, 0) is 55.7 Å². The Hall–Kier alpha value is -3.42. The minimum Gasteiger partial charge on any atom is -0.493 e. The second-order valence-corrected chi connectivity index (χ2v) is 9.96. The largest absolute Gasteiger partial charge is 0.573 e. The molecule has 3 aromatic rings. The zero-order valence-corrected chi connectivity index (χ0v) is 21.7. The Labute approximate surface area is 215 Å². The van der Waals surface area contributed by atoms with E-state index in [9.17, 15) is 18.0 Å². The summed E-state index contributed by atoms with van der Waals surface area (Å²) in [6.07, 6.45) is -1.24. The number of esters is 1. The smallest absolute Gasteiger partial charge is 0.493 e. The van der Waals surface area contributed by atoms with Crippen LogP contribution >= 0.6 is 0 Å². The van der Waals surface area contributed by atoms with Gasteiger partial charge in [-0.2, -0.15) is 0 Å². The third-order valence-corrected chi connectivity index (χ3v) is 5.67. The Balaban J connectivity index is 1.79. The summed E-state index contributed by atoms with van der Waals surface area (Å²) in [5.41, 5.74) is 1.32. The Bertz CT molecular complexity index is 1240. The van der Waals surface area contributed by atoms with Gasteiger partial charge >= 0.3 is 12.3 Å². The summed E-state index contributed by atoms with van der Waals surface area (Å²) < 4.78 is 60.9. The lowest BCUT2D eigenvalue weighted by molar-refractivity contribution is -0.274. The summed E-state index contributed by atoms with van der Waals surface area (Å²) in [5, 5.41) is 0.710. The molecule has 0 amide bonds. The molecule has 37 heavy (non-hydrogen) atoms. The number of ether oxygens (including phenoxy) is 3. The van der Waals surface area contributed by atoms with E-state index < -0.39 is 17.7 Å². The molecule has 0 aliphatic rings. The molecular weight excluding hydrogens is 485 g/mol. The van der Waals surface area contributed by atoms with E-state index in [2.05, 4.69) is 18.2 Å². The quantitative estimate of drug-likeness (QED) is 0.137. The van der Waals surface area contributed by atoms with Crippen LogP contribution in [-0.2, 0) is 16.0 Å². The first kappa shape index (κ1) is 28.2. The number of carbonyl (C=O) groups is 1. The number of fused-ring (bicyclic) bond motifs is 1. The first-order valence-electron chi connectivity index (χ1n) is 12.2. The van der Waals surface area contributed by atoms with E-state index in [1.807, 2.05) is 13.8 Å². The predicted octanol–water partition coefficient (Wildman–Crippen LogP) is 8.26. The number of furan rings is 1. The monoisotopic (exact) mass is 518 g/mol. The molecule has 0 aliphatic carbocycles. The van der Waals surface area contributed by atoms with Crippen LogP contribution in [0.15, 0.2) is 59.0 Å². The number of aryl methyl sites for hydroxylation is 1. The van der Waals surface area contributed by atoms with E-state index in [1.54, 1.807) is 43.3 Å². The fourth-order valence-corrected chi connectivity index (χ4v) is 3.65. The van der Waals surface area contributed by atoms with Crippen molar-refractivity contribution in [3.05, 3.63) is 60.2 Å². The van der Waals surface area contributed by atoms with Crippen LogP contribution in [0, 0.1) is 5.41 Å². The third-order valence-electron chi connectivity index (χ3n) is 5.67. The van der Waals surface area contributed by atoms with E-state index >= 15 is 0 Å². The van der Waals surface area contributed by atoms with Crippen molar-refractivity contribution in [1.82, 2.24) is 0 Å². The van der Waals surface area contributed by atoms with E-state index in [0.717, 1.165) is 24.8 Å². The number of hydrogen-bond acceptors (Lipinski definition) is 5. The van der Waals surface area contributed by atoms with Crippen LogP contribution in [0.5, 0.6) is 11.5 Å². The van der Waals surface area contributed by atoms with Crippen molar-refractivity contribution in [2.75, 3.05) is 13.2 Å². The minimum absolute atomic E-state index is 0.155. The first-order chi connectivity index (χ1) is 17.4. The summed E-state index contributed by atoms with van der Waals surface area (Å²) in [7, 11) is 0. The summed E-state index contributed by atoms with van der Waals surface area (Å²) in [6, 6.07) is 11.7. The van der Waals surface area contributed by atoms with Gasteiger partial charge in [0.15, 0.2) is 0 Å². The Morgan fingerprint density at radius 3 is 2.46 bits per heavy atom. The normalized spacial score (nSPS) is 12.0. The molecule has 0 saturated heterocycles. The Morgan fingerprint density at radius 2 is 1.78 bits per heavy atom. The zero-order valence-electron chi connectivity index (χ0n) is 21.7. The van der Waals surface area contributed by atoms with Gasteiger partial charge in [-0.1, -0.05) is 46.3 Å². The van der Waals surface area contributed by atoms with Crippen molar-refractivity contribution in [3.63, 3.8) is 0 Å². The molecule has 0 bridgehead atoms. The van der Waals surface area contributed by atoms with Crippen molar-refractivity contribution >= 4 is 16.9 Å². The number of halogens is 3. The maximum atomic E-state index is 13.2. The number of hydrogen-bond donors (Lipinski definition) is 0. The molecule has 5 nitrogen and oxygen atoms in total. The van der Waals surface area contributed by atoms with E-state index in [1.165, 1.54) is 6.07 Å². The van der Waals surface area contributed by atoms with Crippen molar-refractivity contribution in [2.24, 2.45) is 5.41 Å². The van der Waals surface area contributed by atoms with Gasteiger partial charge in [0, 0.05) is 22.4 Å². The van der Waals surface area contributed by atoms with Crippen LogP contribution in [0.25, 0.3) is 22.3 Å². The highest BCUT2D eigenvalue weighted by molar-refractivity contribution is 5.87. The summed E-state index contributed by atoms with van der Waals surface area (Å²) in [6.45, 7) is 11.4. The van der Waals surface area contributed by atoms with Gasteiger partial charge in [0.1, 0.15) is 22.8 Å². The lowest BCUT2D eigenvalue weighted by Gasteiger charge is -2.24. The van der Waals surface area contributed by atoms with Crippen LogP contribution in [-0.4, -0.2) is 25.5 Å². The van der Waals surface area contributed by atoms with Gasteiger partial charge < -0.3 is 18.6 Å². The molecule has 0 radical (unpaired) electrons. The zero-order chi connectivity index (χ0) is 27.2. The standard InChI is InChI=1S/C29H33F3O5/c1-6-7-8-9-20-10-13-23(26(14-20)37-29(30,31)32)25-15-21-11-12-22(16-24(21)36-25)34-17-28(4,5)18-35-27(33)19(2)3/h10-16H,2,6-9,17-18H2,1,3-5H3. The molecule has 0 N–H and O–H groups in total. The van der Waals surface area contributed by atoms with Gasteiger partial charge in [0.2, 0.25) is 0 Å². The van der Waals surface area contributed by atoms with E-state index in [0.29, 0.717) is 28.7 Å². The highest BCUT2D eigenvalue weighted by atomic mass is 19.4. The van der Waals surface area contributed by atoms with Gasteiger partial charge in [-0.25, -0.2) is 4.79 Å². The van der Waals surface area contributed by atoms with Gasteiger partial charge in [0.05, 0.1) is 18.8 Å². The second kappa shape index (κ2) is 11.8. The summed E-state index contributed by atoms with van der Waals surface area (Å²) in [5.74, 6) is 0.0350. The number of carbonyl (C=O) groups excluding carboxylic acids is 1. The molecular formula is C29H33F3O5. The molecule has 0 unspecified atom stereocenters. The van der Waals surface area contributed by atoms with Gasteiger partial charge in [-0.3, -0.25) is 0 Å². The highest BCUT2D eigenvalue weighted by Gasteiger charge is 2.33. The molecule has 0 spiro atoms. The second-order valence-electron chi connectivity index (χ2n) is 9.96. The molecule has 8 heteroatoms. The number of unbranched alkanes of at least 4 members (excludes halogenated alkanes) is 2. The minimum atomic E-state index is -4.82. The molecule has 200 valence electrons. The van der Waals surface area contributed by atoms with E-state index in [-0.39, 0.29) is 30.3 Å². The first-order valence-corrected chi connectivity index (χ1v) is 12.2. The predicted molar refractivity (Wildman–Crippen MR) is 137 cm³/mol. The lowest BCUT2D eigenvalue weighted by atomic mass is 9.96. The molecule has 0 atom stereocenters. The summed E-state index contributed by atoms with van der Waals surface area (Å²) >= 11 is 0. The van der Waals surface area contributed by atoms with Crippen molar-refractivity contribution < 1.29 is 36.6 Å². The molecule has 0 saturated carbocycles. The van der Waals surface area contributed by atoms with Crippen LogP contribution in [0.2, 0.25) is 0 Å². The molecule has 1 heterocycles. The maximum absolute atomic E-state index is 13.2. The average molecular weight is 519 g/mol. The number of rotatable bonds is 12. The molecule has 3 rings (SSSR count). The molecule has 0 fully saturated rings. The molecule has 0 aliphatic heterocycles. The van der Waals surface area contributed by atoms with Crippen LogP contribution < -0.4 is 9.47 Å². The molecule has 1 aromatic heterocycles. The van der Waals surface area contributed by atoms with Crippen molar-refractivity contribution in [1.29, 1.82) is 0 Å². The maximum Gasteiger partial charge on any atom is 0.573 e. The Morgan fingerprint density at radius 1 is 1.03 bits per heavy atom. The van der Waals surface area contributed by atoms with Crippen molar-refractivity contribution in [3.8, 4) is 22.8 Å². The topological polar surface area (TPSA) is 57.9 Å². The Kier molecular flexibility index (Phi) is 8.94. The summed E-state index contributed by atoms with van der Waals surface area (Å²) in [4.78, 5) is 11.7. The fourth-order valence-electron chi connectivity index (χ4n) is 3.65. The SMILES string of the molecule is C=C(C)C(=O)OCC(C)(C)COc1ccc2cc(-c3ccc(CCCCC)cc3OC(F)(F)F)oc2c1. The van der Waals surface area contributed by atoms with Crippen molar-refractivity contribution in [2.45, 2.75) is 59.7 Å². The fraction of sp³-hybridized carbons (Fsp3) is 0.414. The van der Waals surface area contributed by atoms with Crippen LogP contribution in [0.3, 0.4) is 0 Å². The third kappa shape index (κ3) is 8.30. The van der Waals surface area contributed by atoms with Gasteiger partial charge in [0.25, 0.3) is 0 Å². The molecule has 2 aromatic carbocycles. The van der Waals surface area contributed by atoms with E-state index in [4.69, 9.17) is 13.9 Å². The van der Waals surface area contributed by atoms with Crippen LogP contribution in [0.1, 0.15) is 52.5 Å². The van der Waals surface area contributed by atoms with Crippen LogP contribution in [0.4, 0.5) is 13.2 Å². The average Bonchev–Trinajstić information content (AvgIpc) is 3.23. The number of alkyl halides is 3. The van der Waals surface area contributed by atoms with Gasteiger partial charge in [-0.15, -0.1) is 13.2 Å². The highest BCUT2D eigenvalue weighted by Crippen LogP contribution is 2.38. The number of benzene rings is 2.